The number of nitrogens with zero attached hydrogens (tertiary/aromatic N) is 1. The molecule has 2 fully saturated rings. The Morgan fingerprint density at radius 2 is 1.87 bits per heavy atom. The van der Waals surface area contributed by atoms with Crippen molar-refractivity contribution in [2.24, 2.45) is 16.7 Å². The number of para-hydroxylation sites is 1. The normalized spacial score (nSPS) is 21.7. The second kappa shape index (κ2) is 10.5. The molecule has 2 aromatic carbocycles. The van der Waals surface area contributed by atoms with Gasteiger partial charge in [-0.2, -0.15) is 8.42 Å². The lowest BCUT2D eigenvalue weighted by molar-refractivity contribution is -0.128. The molecule has 39 heavy (non-hydrogen) atoms. The van der Waals surface area contributed by atoms with Crippen molar-refractivity contribution in [1.29, 1.82) is 0 Å². The number of carbonyl (C=O) groups is 2. The Bertz CT molecular complexity index is 1560. The number of aromatic carboxylic acids is 1. The number of ketones is 1. The van der Waals surface area contributed by atoms with E-state index < -0.39 is 27.3 Å². The van der Waals surface area contributed by atoms with Crippen LogP contribution in [0.5, 0.6) is 11.5 Å². The van der Waals surface area contributed by atoms with E-state index in [9.17, 15) is 23.1 Å². The zero-order valence-corrected chi connectivity index (χ0v) is 23.0. The molecular weight excluding hydrogens is 524 g/mol. The van der Waals surface area contributed by atoms with Crippen molar-refractivity contribution in [3.8, 4) is 11.5 Å². The molecule has 0 radical (unpaired) electrons. The number of hydrogen-bond donors (Lipinski definition) is 3. The third kappa shape index (κ3) is 5.41. The number of rotatable bonds is 7. The van der Waals surface area contributed by atoms with Crippen LogP contribution in [0.1, 0.15) is 54.9 Å². The molecule has 2 aliphatic rings. The SMILES string of the molecule is CC1(C)C2CCC1(CS(=O)(=O)O)C(=O)C2.COc1ccc(/C=C/c2nc3c(C(=O)O)cccc3[nH]2)cc1OC. The van der Waals surface area contributed by atoms with Gasteiger partial charge in [0.05, 0.1) is 36.5 Å². The third-order valence-electron chi connectivity index (χ3n) is 8.17. The number of hydrogen-bond acceptors (Lipinski definition) is 7. The Morgan fingerprint density at radius 3 is 2.44 bits per heavy atom. The Morgan fingerprint density at radius 1 is 1.15 bits per heavy atom. The summed E-state index contributed by atoms with van der Waals surface area (Å²) in [6.45, 7) is 3.89. The predicted octanol–water partition coefficient (Wildman–Crippen LogP) is 4.72. The van der Waals surface area contributed by atoms with Crippen LogP contribution in [0.4, 0.5) is 0 Å². The summed E-state index contributed by atoms with van der Waals surface area (Å²) in [4.78, 5) is 30.6. The topological polar surface area (TPSA) is 156 Å². The smallest absolute Gasteiger partial charge is 0.337 e. The highest BCUT2D eigenvalue weighted by atomic mass is 32.2. The van der Waals surface area contributed by atoms with E-state index in [1.807, 2.05) is 38.1 Å². The standard InChI is InChI=1S/C18H16N2O4.C10H16O4S/c1-23-14-8-6-11(10-15(14)24-2)7-9-16-19-13-5-3-4-12(18(21)22)17(13)20-16;1-9(2)7-3-4-10(9,8(11)5-7)6-15(12,13)14/h3-10H,1-2H3,(H,19,20)(H,21,22);7H,3-6H2,1-2H3,(H,12,13,14)/b9-7+;. The first kappa shape index (κ1) is 28.3. The number of carbonyl (C=O) groups excluding carboxylic acids is 1. The van der Waals surface area contributed by atoms with E-state index in [0.29, 0.717) is 41.2 Å². The van der Waals surface area contributed by atoms with Crippen molar-refractivity contribution in [2.45, 2.75) is 33.1 Å². The number of imidazole rings is 1. The first-order chi connectivity index (χ1) is 18.3. The Balaban J connectivity index is 0.000000202. The Labute approximate surface area is 226 Å². The summed E-state index contributed by atoms with van der Waals surface area (Å²) in [5.41, 5.74) is 1.09. The van der Waals surface area contributed by atoms with Crippen LogP contribution in [-0.4, -0.2) is 59.8 Å². The highest BCUT2D eigenvalue weighted by molar-refractivity contribution is 7.85. The van der Waals surface area contributed by atoms with Crippen molar-refractivity contribution in [2.75, 3.05) is 20.0 Å². The summed E-state index contributed by atoms with van der Waals surface area (Å²) in [6.07, 6.45) is 5.62. The van der Waals surface area contributed by atoms with Gasteiger partial charge in [-0.15, -0.1) is 0 Å². The van der Waals surface area contributed by atoms with E-state index >= 15 is 0 Å². The third-order valence-corrected chi connectivity index (χ3v) is 9.03. The maximum atomic E-state index is 11.9. The number of fused-ring (bicyclic) bond motifs is 3. The Hall–Kier alpha value is -3.70. The minimum Gasteiger partial charge on any atom is -0.493 e. The number of ether oxygens (including phenoxy) is 2. The lowest BCUT2D eigenvalue weighted by atomic mass is 9.70. The van der Waals surface area contributed by atoms with Gasteiger partial charge < -0.3 is 19.6 Å². The molecule has 3 N–H and O–H groups in total. The molecular formula is C28H32N2O8S. The average Bonchev–Trinajstić information content (AvgIpc) is 3.45. The summed E-state index contributed by atoms with van der Waals surface area (Å²) in [5.74, 6) is 0.772. The van der Waals surface area contributed by atoms with E-state index in [1.54, 1.807) is 32.4 Å². The van der Waals surface area contributed by atoms with Crippen LogP contribution in [-0.2, 0) is 14.9 Å². The largest absolute Gasteiger partial charge is 0.493 e. The summed E-state index contributed by atoms with van der Waals surface area (Å²) >= 11 is 0. The number of carboxylic acid groups (broad SMARTS) is 1. The molecule has 1 heterocycles. The summed E-state index contributed by atoms with van der Waals surface area (Å²) in [5, 5.41) is 9.21. The summed E-state index contributed by atoms with van der Waals surface area (Å²) < 4.78 is 41.5. The first-order valence-electron chi connectivity index (χ1n) is 12.4. The number of aromatic amines is 1. The molecule has 0 aliphatic heterocycles. The molecule has 2 bridgehead atoms. The van der Waals surface area contributed by atoms with Crippen LogP contribution >= 0.6 is 0 Å². The van der Waals surface area contributed by atoms with Crippen LogP contribution in [0.15, 0.2) is 36.4 Å². The number of nitrogens with one attached hydrogen (secondary N) is 1. The van der Waals surface area contributed by atoms with E-state index in [-0.39, 0.29) is 22.7 Å². The fraction of sp³-hybridized carbons (Fsp3) is 0.393. The fourth-order valence-electron chi connectivity index (χ4n) is 5.85. The second-order valence-electron chi connectivity index (χ2n) is 10.5. The Kier molecular flexibility index (Phi) is 7.59. The van der Waals surface area contributed by atoms with Crippen molar-refractivity contribution in [3.05, 3.63) is 53.3 Å². The molecule has 0 saturated heterocycles. The number of aromatic nitrogens is 2. The summed E-state index contributed by atoms with van der Waals surface area (Å²) in [6, 6.07) is 10.6. The molecule has 0 spiro atoms. The number of Topliss-reactive ketones (excluding diaryl/α,β-unsaturated/α-hetero) is 1. The molecule has 2 unspecified atom stereocenters. The first-order valence-corrected chi connectivity index (χ1v) is 14.0. The van der Waals surface area contributed by atoms with E-state index in [1.165, 1.54) is 6.07 Å². The van der Waals surface area contributed by atoms with Gasteiger partial charge in [0.2, 0.25) is 0 Å². The van der Waals surface area contributed by atoms with Crippen LogP contribution in [0, 0.1) is 16.7 Å². The number of carboxylic acids is 1. The molecule has 0 amide bonds. The van der Waals surface area contributed by atoms with Crippen LogP contribution in [0.3, 0.4) is 0 Å². The molecule has 2 atom stereocenters. The number of methoxy groups -OCH3 is 2. The van der Waals surface area contributed by atoms with Crippen molar-refractivity contribution < 1.29 is 37.1 Å². The van der Waals surface area contributed by atoms with Crippen molar-refractivity contribution in [3.63, 3.8) is 0 Å². The second-order valence-corrected chi connectivity index (χ2v) is 11.9. The quantitative estimate of drug-likeness (QED) is 0.350. The molecule has 2 saturated carbocycles. The lowest BCUT2D eigenvalue weighted by Gasteiger charge is -2.35. The number of benzene rings is 2. The van der Waals surface area contributed by atoms with Gasteiger partial charge in [0.15, 0.2) is 11.5 Å². The molecule has 11 heteroatoms. The van der Waals surface area contributed by atoms with Crippen molar-refractivity contribution >= 4 is 45.1 Å². The maximum absolute atomic E-state index is 11.9. The number of H-pyrrole nitrogens is 1. The van der Waals surface area contributed by atoms with Gasteiger partial charge in [-0.3, -0.25) is 9.35 Å². The van der Waals surface area contributed by atoms with Crippen LogP contribution in [0.25, 0.3) is 23.2 Å². The zero-order valence-electron chi connectivity index (χ0n) is 22.2. The molecule has 1 aromatic heterocycles. The van der Waals surface area contributed by atoms with Gasteiger partial charge in [0.25, 0.3) is 10.1 Å². The van der Waals surface area contributed by atoms with Crippen molar-refractivity contribution in [1.82, 2.24) is 9.97 Å². The highest BCUT2D eigenvalue weighted by Gasteiger charge is 2.65. The minimum absolute atomic E-state index is 0.0152. The van der Waals surface area contributed by atoms with Gasteiger partial charge in [-0.25, -0.2) is 9.78 Å². The van der Waals surface area contributed by atoms with E-state index in [2.05, 4.69) is 9.97 Å². The molecule has 208 valence electrons. The lowest BCUT2D eigenvalue weighted by Crippen LogP contribution is -2.42. The van der Waals surface area contributed by atoms with Crippen LogP contribution < -0.4 is 9.47 Å². The van der Waals surface area contributed by atoms with Gasteiger partial charge in [-0.05, 0) is 60.1 Å². The minimum atomic E-state index is -4.08. The van der Waals surface area contributed by atoms with E-state index in [0.717, 1.165) is 12.0 Å². The zero-order chi connectivity index (χ0) is 28.6. The van der Waals surface area contributed by atoms with Crippen LogP contribution in [0.2, 0.25) is 0 Å². The molecule has 5 rings (SSSR count). The summed E-state index contributed by atoms with van der Waals surface area (Å²) in [7, 11) is -0.910. The monoisotopic (exact) mass is 556 g/mol. The highest BCUT2D eigenvalue weighted by Crippen LogP contribution is 2.64. The predicted molar refractivity (Wildman–Crippen MR) is 147 cm³/mol. The fourth-order valence-corrected chi connectivity index (χ4v) is 7.15. The molecule has 10 nitrogen and oxygen atoms in total. The van der Waals surface area contributed by atoms with Gasteiger partial charge in [0.1, 0.15) is 17.1 Å². The van der Waals surface area contributed by atoms with Gasteiger partial charge in [-0.1, -0.05) is 32.1 Å². The van der Waals surface area contributed by atoms with Gasteiger partial charge in [0, 0.05) is 6.42 Å². The maximum Gasteiger partial charge on any atom is 0.337 e. The van der Waals surface area contributed by atoms with E-state index in [4.69, 9.17) is 14.0 Å². The molecule has 2 aliphatic carbocycles. The molecule has 3 aromatic rings. The average molecular weight is 557 g/mol. The van der Waals surface area contributed by atoms with Gasteiger partial charge >= 0.3 is 5.97 Å².